The molecule has 0 bridgehead atoms. The molecule has 0 aliphatic heterocycles. The number of nitrogens with one attached hydrogen (secondary N) is 2. The Labute approximate surface area is 157 Å². The molecule has 0 spiro atoms. The first-order chi connectivity index (χ1) is 12.4. The van der Waals surface area contributed by atoms with Gasteiger partial charge in [-0.25, -0.2) is 9.97 Å². The fraction of sp³-hybridized carbons (Fsp3) is 0.150. The molecule has 0 unspecified atom stereocenters. The zero-order valence-corrected chi connectivity index (χ0v) is 15.6. The number of aryl methyl sites for hydroxylation is 3. The van der Waals surface area contributed by atoms with Gasteiger partial charge in [0.05, 0.1) is 5.56 Å². The number of carbonyl (C=O) groups excluding carboxylic acids is 1. The quantitative estimate of drug-likeness (QED) is 0.678. The van der Waals surface area contributed by atoms with E-state index in [2.05, 4.69) is 20.6 Å². The van der Waals surface area contributed by atoms with Crippen molar-refractivity contribution < 1.29 is 4.79 Å². The Hall–Kier alpha value is -2.92. The first-order valence-corrected chi connectivity index (χ1v) is 8.54. The molecule has 0 saturated heterocycles. The van der Waals surface area contributed by atoms with Crippen LogP contribution < -0.4 is 10.6 Å². The highest BCUT2D eigenvalue weighted by molar-refractivity contribution is 6.30. The molecule has 0 aliphatic rings. The van der Waals surface area contributed by atoms with Gasteiger partial charge in [0.2, 0.25) is 5.95 Å². The molecule has 26 heavy (non-hydrogen) atoms. The average molecular weight is 367 g/mol. The maximum Gasteiger partial charge on any atom is 0.258 e. The number of anilines is 3. The number of carbonyl (C=O) groups is 1. The highest BCUT2D eigenvalue weighted by atomic mass is 35.5. The Morgan fingerprint density at radius 3 is 2.31 bits per heavy atom. The summed E-state index contributed by atoms with van der Waals surface area (Å²) in [6.45, 7) is 6.00. The third-order valence-corrected chi connectivity index (χ3v) is 4.36. The highest BCUT2D eigenvalue weighted by Gasteiger charge is 2.09. The first-order valence-electron chi connectivity index (χ1n) is 8.16. The van der Waals surface area contributed by atoms with Gasteiger partial charge in [-0.1, -0.05) is 23.7 Å². The van der Waals surface area contributed by atoms with Crippen molar-refractivity contribution in [3.8, 4) is 0 Å². The first kappa shape index (κ1) is 17.9. The van der Waals surface area contributed by atoms with E-state index in [-0.39, 0.29) is 5.91 Å². The van der Waals surface area contributed by atoms with Crippen LogP contribution in [0.25, 0.3) is 0 Å². The van der Waals surface area contributed by atoms with Crippen LogP contribution in [-0.4, -0.2) is 15.9 Å². The van der Waals surface area contributed by atoms with Crippen molar-refractivity contribution in [2.24, 2.45) is 0 Å². The van der Waals surface area contributed by atoms with Crippen molar-refractivity contribution in [2.45, 2.75) is 20.8 Å². The van der Waals surface area contributed by atoms with Gasteiger partial charge in [0.1, 0.15) is 0 Å². The molecule has 0 atom stereocenters. The van der Waals surface area contributed by atoms with Crippen molar-refractivity contribution in [1.82, 2.24) is 9.97 Å². The van der Waals surface area contributed by atoms with Gasteiger partial charge in [0, 0.05) is 28.8 Å². The van der Waals surface area contributed by atoms with Crippen molar-refractivity contribution in [3.63, 3.8) is 0 Å². The largest absolute Gasteiger partial charge is 0.324 e. The highest BCUT2D eigenvalue weighted by Crippen LogP contribution is 2.22. The summed E-state index contributed by atoms with van der Waals surface area (Å²) >= 11 is 6.01. The molecule has 2 aromatic carbocycles. The minimum atomic E-state index is -0.251. The summed E-state index contributed by atoms with van der Waals surface area (Å²) < 4.78 is 0. The molecule has 0 fully saturated rings. The number of nitrogens with zero attached hydrogens (tertiary/aromatic N) is 2. The van der Waals surface area contributed by atoms with Crippen LogP contribution in [0, 0.1) is 20.8 Å². The third kappa shape index (κ3) is 4.18. The summed E-state index contributed by atoms with van der Waals surface area (Å²) in [5, 5.41) is 6.59. The van der Waals surface area contributed by atoms with Crippen LogP contribution in [-0.2, 0) is 0 Å². The van der Waals surface area contributed by atoms with Crippen LogP contribution in [0.2, 0.25) is 5.02 Å². The van der Waals surface area contributed by atoms with Crippen LogP contribution in [0.15, 0.2) is 48.8 Å². The topological polar surface area (TPSA) is 66.9 Å². The number of rotatable bonds is 4. The predicted molar refractivity (Wildman–Crippen MR) is 105 cm³/mol. The van der Waals surface area contributed by atoms with Crippen LogP contribution >= 0.6 is 11.6 Å². The van der Waals surface area contributed by atoms with E-state index in [9.17, 15) is 4.79 Å². The van der Waals surface area contributed by atoms with E-state index in [1.807, 2.05) is 51.1 Å². The molecule has 3 aromatic rings. The number of aromatic nitrogens is 2. The Kier molecular flexibility index (Phi) is 5.19. The Balaban J connectivity index is 1.71. The van der Waals surface area contributed by atoms with E-state index in [1.54, 1.807) is 6.07 Å². The maximum atomic E-state index is 12.3. The standard InChI is InChI=1S/C20H19ClN4O/c1-12-5-7-17(8-14(12)3)24-19(26)15-10-22-20(23-11-15)25-18-9-16(21)6-4-13(18)2/h4-11H,1-3H3,(H,24,26)(H,22,23,25). The maximum absolute atomic E-state index is 12.3. The number of hydrogen-bond acceptors (Lipinski definition) is 4. The van der Waals surface area contributed by atoms with Gasteiger partial charge in [-0.05, 0) is 61.7 Å². The Bertz CT molecular complexity index is 955. The predicted octanol–water partition coefficient (Wildman–Crippen LogP) is 5.05. The molecule has 0 radical (unpaired) electrons. The fourth-order valence-corrected chi connectivity index (χ4v) is 2.55. The van der Waals surface area contributed by atoms with Gasteiger partial charge < -0.3 is 10.6 Å². The molecule has 3 rings (SSSR count). The van der Waals surface area contributed by atoms with E-state index in [1.165, 1.54) is 18.0 Å². The normalized spacial score (nSPS) is 10.5. The summed E-state index contributed by atoms with van der Waals surface area (Å²) in [7, 11) is 0. The summed E-state index contributed by atoms with van der Waals surface area (Å²) in [6, 6.07) is 11.3. The van der Waals surface area contributed by atoms with Gasteiger partial charge in [-0.3, -0.25) is 4.79 Å². The molecule has 5 nitrogen and oxygen atoms in total. The second-order valence-corrected chi connectivity index (χ2v) is 6.57. The Morgan fingerprint density at radius 1 is 0.923 bits per heavy atom. The van der Waals surface area contributed by atoms with Crippen molar-refractivity contribution in [1.29, 1.82) is 0 Å². The molecular formula is C20H19ClN4O. The van der Waals surface area contributed by atoms with Crippen molar-refractivity contribution in [3.05, 3.63) is 76.1 Å². The van der Waals surface area contributed by atoms with Crippen molar-refractivity contribution in [2.75, 3.05) is 10.6 Å². The van der Waals surface area contributed by atoms with Gasteiger partial charge >= 0.3 is 0 Å². The van der Waals surface area contributed by atoms with Gasteiger partial charge in [0.15, 0.2) is 0 Å². The SMILES string of the molecule is Cc1ccc(NC(=O)c2cnc(Nc3cc(Cl)ccc3C)nc2)cc1C. The molecule has 1 aromatic heterocycles. The van der Waals surface area contributed by atoms with Crippen LogP contribution in [0.5, 0.6) is 0 Å². The van der Waals surface area contributed by atoms with Crippen LogP contribution in [0.1, 0.15) is 27.0 Å². The van der Waals surface area contributed by atoms with E-state index in [4.69, 9.17) is 11.6 Å². The zero-order valence-electron chi connectivity index (χ0n) is 14.8. The van der Waals surface area contributed by atoms with E-state index >= 15 is 0 Å². The lowest BCUT2D eigenvalue weighted by atomic mass is 10.1. The Morgan fingerprint density at radius 2 is 1.62 bits per heavy atom. The third-order valence-electron chi connectivity index (χ3n) is 4.12. The molecule has 0 aliphatic carbocycles. The molecule has 1 heterocycles. The number of benzene rings is 2. The molecule has 2 N–H and O–H groups in total. The zero-order chi connectivity index (χ0) is 18.7. The molecule has 0 saturated carbocycles. The van der Waals surface area contributed by atoms with Gasteiger partial charge in [0.25, 0.3) is 5.91 Å². The minimum Gasteiger partial charge on any atom is -0.324 e. The molecule has 6 heteroatoms. The average Bonchev–Trinajstić information content (AvgIpc) is 2.62. The summed E-state index contributed by atoms with van der Waals surface area (Å²) in [5.74, 6) is 0.150. The number of amides is 1. The fourth-order valence-electron chi connectivity index (χ4n) is 2.38. The molecule has 1 amide bonds. The molecule has 132 valence electrons. The minimum absolute atomic E-state index is 0.251. The smallest absolute Gasteiger partial charge is 0.258 e. The summed E-state index contributed by atoms with van der Waals surface area (Å²) in [5.41, 5.74) is 5.28. The lowest BCUT2D eigenvalue weighted by molar-refractivity contribution is 0.102. The second-order valence-electron chi connectivity index (χ2n) is 6.13. The van der Waals surface area contributed by atoms with E-state index in [0.717, 1.165) is 22.5 Å². The van der Waals surface area contributed by atoms with Crippen LogP contribution in [0.3, 0.4) is 0 Å². The second kappa shape index (κ2) is 7.54. The van der Waals surface area contributed by atoms with Gasteiger partial charge in [-0.2, -0.15) is 0 Å². The lowest BCUT2D eigenvalue weighted by Gasteiger charge is -2.10. The monoisotopic (exact) mass is 366 g/mol. The number of halogens is 1. The van der Waals surface area contributed by atoms with E-state index in [0.29, 0.717) is 16.5 Å². The summed E-state index contributed by atoms with van der Waals surface area (Å²) in [6.07, 6.45) is 2.98. The molecular weight excluding hydrogens is 348 g/mol. The number of hydrogen-bond donors (Lipinski definition) is 2. The van der Waals surface area contributed by atoms with Gasteiger partial charge in [-0.15, -0.1) is 0 Å². The lowest BCUT2D eigenvalue weighted by Crippen LogP contribution is -2.13. The van der Waals surface area contributed by atoms with E-state index < -0.39 is 0 Å². The summed E-state index contributed by atoms with van der Waals surface area (Å²) in [4.78, 5) is 20.8. The van der Waals surface area contributed by atoms with Crippen LogP contribution in [0.4, 0.5) is 17.3 Å². The van der Waals surface area contributed by atoms with Crippen molar-refractivity contribution >= 4 is 34.8 Å².